The third-order valence-electron chi connectivity index (χ3n) is 2.55. The van der Waals surface area contributed by atoms with Gasteiger partial charge in [0.25, 0.3) is 0 Å². The van der Waals surface area contributed by atoms with Gasteiger partial charge in [-0.25, -0.2) is 0 Å². The van der Waals surface area contributed by atoms with Gasteiger partial charge in [-0.15, -0.1) is 0 Å². The lowest BCUT2D eigenvalue weighted by atomic mass is 10.1. The standard InChI is InChI=1S/C11H18F3N3S/c1-3-5-7-8(6-4-2)15-10-16-9(17-18-10)11(12,13)14/h8H,3-7H2,1-2H3,(H,15,16,17). The molecule has 0 aromatic carbocycles. The van der Waals surface area contributed by atoms with Gasteiger partial charge in [0.05, 0.1) is 0 Å². The maximum Gasteiger partial charge on any atom is 0.452 e. The fraction of sp³-hybridized carbons (Fsp3) is 0.818. The van der Waals surface area contributed by atoms with E-state index in [0.29, 0.717) is 0 Å². The Balaban J connectivity index is 2.60. The third kappa shape index (κ3) is 4.80. The maximum atomic E-state index is 12.3. The molecule has 1 aromatic heterocycles. The van der Waals surface area contributed by atoms with Crippen LogP contribution in [0.2, 0.25) is 0 Å². The molecule has 7 heteroatoms. The summed E-state index contributed by atoms with van der Waals surface area (Å²) in [7, 11) is 0. The van der Waals surface area contributed by atoms with E-state index in [4.69, 9.17) is 0 Å². The molecule has 0 amide bonds. The number of nitrogens with zero attached hydrogens (tertiary/aromatic N) is 2. The Morgan fingerprint density at radius 1 is 1.22 bits per heavy atom. The molecule has 0 saturated carbocycles. The Morgan fingerprint density at radius 2 is 1.94 bits per heavy atom. The van der Waals surface area contributed by atoms with E-state index in [1.807, 2.05) is 0 Å². The van der Waals surface area contributed by atoms with Gasteiger partial charge in [-0.05, 0) is 12.8 Å². The molecule has 3 nitrogen and oxygen atoms in total. The van der Waals surface area contributed by atoms with E-state index in [0.717, 1.165) is 43.6 Å². The summed E-state index contributed by atoms with van der Waals surface area (Å²) in [6, 6.07) is 0.184. The topological polar surface area (TPSA) is 37.8 Å². The van der Waals surface area contributed by atoms with E-state index in [1.165, 1.54) is 0 Å². The molecule has 1 heterocycles. The highest BCUT2D eigenvalue weighted by molar-refractivity contribution is 7.09. The van der Waals surface area contributed by atoms with E-state index >= 15 is 0 Å². The van der Waals surface area contributed by atoms with Crippen molar-refractivity contribution in [3.8, 4) is 0 Å². The van der Waals surface area contributed by atoms with Crippen molar-refractivity contribution in [3.05, 3.63) is 5.82 Å². The van der Waals surface area contributed by atoms with Gasteiger partial charge in [-0.1, -0.05) is 33.1 Å². The molecule has 1 unspecified atom stereocenters. The molecular weight excluding hydrogens is 263 g/mol. The molecule has 104 valence electrons. The predicted molar refractivity (Wildman–Crippen MR) is 66.8 cm³/mol. The van der Waals surface area contributed by atoms with E-state index in [2.05, 4.69) is 28.5 Å². The lowest BCUT2D eigenvalue weighted by Crippen LogP contribution is -2.19. The molecule has 0 spiro atoms. The molecule has 0 aliphatic rings. The first kappa shape index (κ1) is 15.2. The first-order valence-corrected chi connectivity index (χ1v) is 6.92. The maximum absolute atomic E-state index is 12.3. The number of unbranched alkanes of at least 4 members (excludes halogenated alkanes) is 1. The minimum Gasteiger partial charge on any atom is -0.358 e. The Bertz CT molecular complexity index is 352. The lowest BCUT2D eigenvalue weighted by molar-refractivity contribution is -0.144. The van der Waals surface area contributed by atoms with Crippen LogP contribution in [0.15, 0.2) is 0 Å². The number of nitrogens with one attached hydrogen (secondary N) is 1. The summed E-state index contributed by atoms with van der Waals surface area (Å²) < 4.78 is 40.4. The Morgan fingerprint density at radius 3 is 2.44 bits per heavy atom. The molecular formula is C11H18F3N3S. The van der Waals surface area contributed by atoms with E-state index < -0.39 is 12.0 Å². The summed E-state index contributed by atoms with van der Waals surface area (Å²) in [5.41, 5.74) is 0. The highest BCUT2D eigenvalue weighted by atomic mass is 32.1. The largest absolute Gasteiger partial charge is 0.452 e. The predicted octanol–water partition coefficient (Wildman–Crippen LogP) is 4.33. The van der Waals surface area contributed by atoms with Crippen molar-refractivity contribution >= 4 is 16.7 Å². The smallest absolute Gasteiger partial charge is 0.358 e. The van der Waals surface area contributed by atoms with Crippen LogP contribution in [0.5, 0.6) is 0 Å². The minimum atomic E-state index is -4.46. The molecule has 0 aliphatic carbocycles. The first-order valence-electron chi connectivity index (χ1n) is 6.14. The Hall–Kier alpha value is -0.850. The zero-order chi connectivity index (χ0) is 13.6. The van der Waals surface area contributed by atoms with Crippen LogP contribution in [0.3, 0.4) is 0 Å². The van der Waals surface area contributed by atoms with E-state index in [1.54, 1.807) is 0 Å². The number of alkyl halides is 3. The molecule has 1 aromatic rings. The highest BCUT2D eigenvalue weighted by Crippen LogP contribution is 2.29. The number of rotatable bonds is 7. The van der Waals surface area contributed by atoms with Crippen molar-refractivity contribution in [1.29, 1.82) is 0 Å². The number of hydrogen-bond donors (Lipinski definition) is 1. The minimum absolute atomic E-state index is 0.184. The second kappa shape index (κ2) is 6.92. The summed E-state index contributed by atoms with van der Waals surface area (Å²) in [5.74, 6) is -1.05. The quantitative estimate of drug-likeness (QED) is 0.808. The molecule has 18 heavy (non-hydrogen) atoms. The second-order valence-electron chi connectivity index (χ2n) is 4.19. The molecule has 0 radical (unpaired) electrons. The van der Waals surface area contributed by atoms with E-state index in [9.17, 15) is 13.2 Å². The molecule has 0 bridgehead atoms. The Labute approximate surface area is 109 Å². The molecule has 1 N–H and O–H groups in total. The summed E-state index contributed by atoms with van der Waals surface area (Å²) >= 11 is 0.772. The highest BCUT2D eigenvalue weighted by Gasteiger charge is 2.36. The number of aromatic nitrogens is 2. The summed E-state index contributed by atoms with van der Waals surface area (Å²) in [4.78, 5) is 3.48. The SMILES string of the molecule is CCCCC(CCC)Nc1nc(C(F)(F)F)ns1. The molecule has 0 saturated heterocycles. The molecule has 0 aliphatic heterocycles. The van der Waals surface area contributed by atoms with Crippen LogP contribution in [0, 0.1) is 0 Å². The third-order valence-corrected chi connectivity index (χ3v) is 3.20. The first-order chi connectivity index (χ1) is 8.47. The van der Waals surface area contributed by atoms with Gasteiger partial charge >= 0.3 is 6.18 Å². The van der Waals surface area contributed by atoms with Crippen molar-refractivity contribution in [2.45, 2.75) is 58.2 Å². The summed E-state index contributed by atoms with van der Waals surface area (Å²) in [6.07, 6.45) is 0.549. The van der Waals surface area contributed by atoms with Crippen LogP contribution in [0.4, 0.5) is 18.3 Å². The van der Waals surface area contributed by atoms with Crippen molar-refractivity contribution in [2.24, 2.45) is 0 Å². The van der Waals surface area contributed by atoms with Crippen molar-refractivity contribution in [1.82, 2.24) is 9.36 Å². The lowest BCUT2D eigenvalue weighted by Gasteiger charge is -2.16. The van der Waals surface area contributed by atoms with Gasteiger partial charge in [0, 0.05) is 17.6 Å². The van der Waals surface area contributed by atoms with E-state index in [-0.39, 0.29) is 11.2 Å². The average molecular weight is 281 g/mol. The van der Waals surface area contributed by atoms with Crippen molar-refractivity contribution in [3.63, 3.8) is 0 Å². The van der Waals surface area contributed by atoms with Crippen molar-refractivity contribution < 1.29 is 13.2 Å². The van der Waals surface area contributed by atoms with Crippen LogP contribution in [-0.4, -0.2) is 15.4 Å². The molecule has 1 atom stereocenters. The van der Waals surface area contributed by atoms with Crippen LogP contribution in [0.25, 0.3) is 0 Å². The summed E-state index contributed by atoms with van der Waals surface area (Å²) in [6.45, 7) is 4.15. The number of halogens is 3. The van der Waals surface area contributed by atoms with Crippen LogP contribution in [-0.2, 0) is 6.18 Å². The second-order valence-corrected chi connectivity index (χ2v) is 4.94. The van der Waals surface area contributed by atoms with Gasteiger partial charge in [0.15, 0.2) is 0 Å². The van der Waals surface area contributed by atoms with Crippen LogP contribution < -0.4 is 5.32 Å². The monoisotopic (exact) mass is 281 g/mol. The summed E-state index contributed by atoms with van der Waals surface area (Å²) in [5, 5.41) is 3.31. The molecule has 1 rings (SSSR count). The fourth-order valence-electron chi connectivity index (χ4n) is 1.66. The zero-order valence-electron chi connectivity index (χ0n) is 10.5. The zero-order valence-corrected chi connectivity index (χ0v) is 11.4. The van der Waals surface area contributed by atoms with Crippen LogP contribution in [0.1, 0.15) is 51.8 Å². The average Bonchev–Trinajstić information content (AvgIpc) is 2.74. The number of anilines is 1. The van der Waals surface area contributed by atoms with Gasteiger partial charge in [0.2, 0.25) is 11.0 Å². The van der Waals surface area contributed by atoms with Gasteiger partial charge < -0.3 is 5.32 Å². The normalized spacial score (nSPS) is 13.6. The van der Waals surface area contributed by atoms with Crippen molar-refractivity contribution in [2.75, 3.05) is 5.32 Å². The fourth-order valence-corrected chi connectivity index (χ4v) is 2.32. The Kier molecular flexibility index (Phi) is 5.84. The van der Waals surface area contributed by atoms with Gasteiger partial charge in [-0.3, -0.25) is 0 Å². The van der Waals surface area contributed by atoms with Gasteiger partial charge in [0.1, 0.15) is 0 Å². The van der Waals surface area contributed by atoms with Gasteiger partial charge in [-0.2, -0.15) is 22.5 Å². The number of hydrogen-bond acceptors (Lipinski definition) is 4. The van der Waals surface area contributed by atoms with Crippen LogP contribution >= 0.6 is 11.5 Å². The molecule has 0 fully saturated rings.